The van der Waals surface area contributed by atoms with Gasteiger partial charge in [0.05, 0.1) is 12.1 Å². The van der Waals surface area contributed by atoms with Crippen molar-refractivity contribution >= 4 is 11.6 Å². The van der Waals surface area contributed by atoms with E-state index in [0.717, 1.165) is 24.1 Å². The van der Waals surface area contributed by atoms with E-state index >= 15 is 0 Å². The molecule has 0 aliphatic rings. The van der Waals surface area contributed by atoms with Gasteiger partial charge in [0.15, 0.2) is 11.5 Å². The Labute approximate surface area is 149 Å². The average Bonchev–Trinajstić information content (AvgIpc) is 2.58. The maximum Gasteiger partial charge on any atom is 0.180 e. The Kier molecular flexibility index (Phi) is 6.95. The summed E-state index contributed by atoms with van der Waals surface area (Å²) >= 11 is 6.43. The van der Waals surface area contributed by atoms with E-state index in [4.69, 9.17) is 21.1 Å². The van der Waals surface area contributed by atoms with Gasteiger partial charge in [0.1, 0.15) is 6.61 Å². The summed E-state index contributed by atoms with van der Waals surface area (Å²) in [6, 6.07) is 12.6. The number of hydrogen-bond donors (Lipinski definition) is 1. The first-order chi connectivity index (χ1) is 11.5. The normalized spacial score (nSPS) is 12.0. The van der Waals surface area contributed by atoms with E-state index in [-0.39, 0.29) is 0 Å². The van der Waals surface area contributed by atoms with Gasteiger partial charge in [-0.2, -0.15) is 0 Å². The van der Waals surface area contributed by atoms with Crippen LogP contribution in [0.2, 0.25) is 5.02 Å². The molecule has 0 spiro atoms. The van der Waals surface area contributed by atoms with Crippen molar-refractivity contribution in [3.63, 3.8) is 0 Å². The Morgan fingerprint density at radius 2 is 1.96 bits per heavy atom. The topological polar surface area (TPSA) is 30.5 Å². The molecule has 2 rings (SSSR count). The summed E-state index contributed by atoms with van der Waals surface area (Å²) in [5.74, 6) is 1.25. The first-order valence-electron chi connectivity index (χ1n) is 8.31. The average molecular weight is 348 g/mol. The lowest BCUT2D eigenvalue weighted by Gasteiger charge is -2.16. The molecule has 0 amide bonds. The second-order valence-corrected chi connectivity index (χ2v) is 6.48. The molecule has 2 aromatic rings. The van der Waals surface area contributed by atoms with Crippen molar-refractivity contribution in [1.82, 2.24) is 5.32 Å². The fourth-order valence-electron chi connectivity index (χ4n) is 2.41. The highest BCUT2D eigenvalue weighted by atomic mass is 35.5. The minimum Gasteiger partial charge on any atom is -0.493 e. The summed E-state index contributed by atoms with van der Waals surface area (Å²) in [4.78, 5) is 0. The van der Waals surface area contributed by atoms with Crippen molar-refractivity contribution < 1.29 is 9.47 Å². The van der Waals surface area contributed by atoms with Crippen LogP contribution in [0.4, 0.5) is 0 Å². The van der Waals surface area contributed by atoms with Crippen LogP contribution in [-0.2, 0) is 13.2 Å². The monoisotopic (exact) mass is 347 g/mol. The zero-order chi connectivity index (χ0) is 17.5. The molecule has 3 nitrogen and oxygen atoms in total. The molecule has 0 fully saturated rings. The lowest BCUT2D eigenvalue weighted by molar-refractivity contribution is 0.284. The van der Waals surface area contributed by atoms with Crippen LogP contribution in [0.5, 0.6) is 11.5 Å². The molecule has 0 saturated carbocycles. The van der Waals surface area contributed by atoms with Gasteiger partial charge in [0.25, 0.3) is 0 Å². The maximum absolute atomic E-state index is 6.43. The Bertz CT molecular complexity index is 673. The molecular formula is C20H26ClNO2. The van der Waals surface area contributed by atoms with Gasteiger partial charge in [0.2, 0.25) is 0 Å². The van der Waals surface area contributed by atoms with E-state index in [1.807, 2.05) is 24.3 Å². The zero-order valence-corrected chi connectivity index (χ0v) is 15.6. The third kappa shape index (κ3) is 5.15. The fraction of sp³-hybridized carbons (Fsp3) is 0.400. The molecule has 0 radical (unpaired) electrons. The number of halogens is 1. The van der Waals surface area contributed by atoms with Crippen LogP contribution in [0.15, 0.2) is 36.4 Å². The molecule has 1 unspecified atom stereocenters. The molecule has 0 bridgehead atoms. The molecule has 0 aromatic heterocycles. The molecule has 4 heteroatoms. The smallest absolute Gasteiger partial charge is 0.180 e. The number of aryl methyl sites for hydroxylation is 1. The molecule has 1 atom stereocenters. The SMILES string of the molecule is CCC(C)NCc1cc(Cl)c(OCc2cccc(C)c2)c(OC)c1. The van der Waals surface area contributed by atoms with Crippen LogP contribution in [0, 0.1) is 6.92 Å². The van der Waals surface area contributed by atoms with Crippen LogP contribution >= 0.6 is 11.6 Å². The van der Waals surface area contributed by atoms with E-state index in [2.05, 4.69) is 38.2 Å². The number of ether oxygens (including phenoxy) is 2. The summed E-state index contributed by atoms with van der Waals surface area (Å²) in [5.41, 5.74) is 3.40. The molecule has 130 valence electrons. The predicted octanol–water partition coefficient (Wildman–Crippen LogP) is 5.12. The molecule has 0 aliphatic heterocycles. The number of hydrogen-bond acceptors (Lipinski definition) is 3. The van der Waals surface area contributed by atoms with Crippen molar-refractivity contribution in [1.29, 1.82) is 0 Å². The molecule has 0 heterocycles. The summed E-state index contributed by atoms with van der Waals surface area (Å²) in [7, 11) is 1.64. The van der Waals surface area contributed by atoms with E-state index in [1.165, 1.54) is 5.56 Å². The van der Waals surface area contributed by atoms with Crippen molar-refractivity contribution in [3.05, 3.63) is 58.1 Å². The number of nitrogens with one attached hydrogen (secondary N) is 1. The summed E-state index contributed by atoms with van der Waals surface area (Å²) < 4.78 is 11.4. The van der Waals surface area contributed by atoms with Gasteiger partial charge >= 0.3 is 0 Å². The molecule has 0 saturated heterocycles. The summed E-state index contributed by atoms with van der Waals surface area (Å²) in [6.45, 7) is 7.60. The lowest BCUT2D eigenvalue weighted by Crippen LogP contribution is -2.24. The molecule has 0 aliphatic carbocycles. The van der Waals surface area contributed by atoms with Crippen LogP contribution < -0.4 is 14.8 Å². The second-order valence-electron chi connectivity index (χ2n) is 6.08. The minimum atomic E-state index is 0.461. The van der Waals surface area contributed by atoms with Crippen molar-refractivity contribution in [2.24, 2.45) is 0 Å². The van der Waals surface area contributed by atoms with Crippen LogP contribution in [-0.4, -0.2) is 13.2 Å². The van der Waals surface area contributed by atoms with Gasteiger partial charge in [-0.3, -0.25) is 0 Å². The molecule has 2 aromatic carbocycles. The van der Waals surface area contributed by atoms with E-state index in [9.17, 15) is 0 Å². The Balaban J connectivity index is 2.11. The van der Waals surface area contributed by atoms with Crippen LogP contribution in [0.3, 0.4) is 0 Å². The minimum absolute atomic E-state index is 0.461. The van der Waals surface area contributed by atoms with Gasteiger partial charge in [-0.25, -0.2) is 0 Å². The third-order valence-corrected chi connectivity index (χ3v) is 4.30. The largest absolute Gasteiger partial charge is 0.493 e. The number of rotatable bonds is 8. The van der Waals surface area contributed by atoms with Gasteiger partial charge in [0, 0.05) is 12.6 Å². The Morgan fingerprint density at radius 1 is 1.17 bits per heavy atom. The maximum atomic E-state index is 6.43. The fourth-order valence-corrected chi connectivity index (χ4v) is 2.70. The van der Waals surface area contributed by atoms with Crippen molar-refractivity contribution in [2.45, 2.75) is 46.4 Å². The van der Waals surface area contributed by atoms with Crippen LogP contribution in [0.25, 0.3) is 0 Å². The van der Waals surface area contributed by atoms with Crippen LogP contribution in [0.1, 0.15) is 37.0 Å². The number of methoxy groups -OCH3 is 1. The van der Waals surface area contributed by atoms with E-state index in [1.54, 1.807) is 7.11 Å². The molecule has 24 heavy (non-hydrogen) atoms. The second kappa shape index (κ2) is 8.95. The van der Waals surface area contributed by atoms with Gasteiger partial charge < -0.3 is 14.8 Å². The first-order valence-corrected chi connectivity index (χ1v) is 8.69. The first kappa shape index (κ1) is 18.6. The standard InChI is InChI=1S/C20H26ClNO2/c1-5-15(3)22-12-17-10-18(21)20(19(11-17)23-4)24-13-16-8-6-7-14(2)9-16/h6-11,15,22H,5,12-13H2,1-4H3. The summed E-state index contributed by atoms with van der Waals surface area (Å²) in [5, 5.41) is 4.03. The molecule has 1 N–H and O–H groups in total. The van der Waals surface area contributed by atoms with Crippen molar-refractivity contribution in [3.8, 4) is 11.5 Å². The molecular weight excluding hydrogens is 322 g/mol. The Morgan fingerprint density at radius 3 is 2.62 bits per heavy atom. The van der Waals surface area contributed by atoms with E-state index < -0.39 is 0 Å². The number of benzene rings is 2. The highest BCUT2D eigenvalue weighted by Crippen LogP contribution is 2.37. The van der Waals surface area contributed by atoms with Crippen molar-refractivity contribution in [2.75, 3.05) is 7.11 Å². The highest BCUT2D eigenvalue weighted by Gasteiger charge is 2.13. The van der Waals surface area contributed by atoms with Gasteiger partial charge in [-0.1, -0.05) is 48.4 Å². The highest BCUT2D eigenvalue weighted by molar-refractivity contribution is 6.32. The summed E-state index contributed by atoms with van der Waals surface area (Å²) in [6.07, 6.45) is 1.09. The third-order valence-electron chi connectivity index (χ3n) is 4.02. The lowest BCUT2D eigenvalue weighted by atomic mass is 10.1. The zero-order valence-electron chi connectivity index (χ0n) is 14.9. The Hall–Kier alpha value is -1.71. The van der Waals surface area contributed by atoms with Gasteiger partial charge in [-0.05, 0) is 43.5 Å². The quantitative estimate of drug-likeness (QED) is 0.718. The predicted molar refractivity (Wildman–Crippen MR) is 100 cm³/mol. The van der Waals surface area contributed by atoms with Gasteiger partial charge in [-0.15, -0.1) is 0 Å². The van der Waals surface area contributed by atoms with E-state index in [0.29, 0.717) is 29.2 Å².